The summed E-state index contributed by atoms with van der Waals surface area (Å²) in [6.45, 7) is 2.70. The molecule has 2 aromatic rings. The van der Waals surface area contributed by atoms with Crippen LogP contribution in [0.1, 0.15) is 23.2 Å². The third-order valence-electron chi connectivity index (χ3n) is 4.12. The Morgan fingerprint density at radius 2 is 2.24 bits per heavy atom. The molecule has 0 bridgehead atoms. The van der Waals surface area contributed by atoms with E-state index in [1.807, 2.05) is 0 Å². The van der Waals surface area contributed by atoms with Gasteiger partial charge in [-0.05, 0) is 62.2 Å². The average molecular weight is 380 g/mol. The lowest BCUT2D eigenvalue weighted by molar-refractivity contribution is 0.0948. The average Bonchev–Trinajstić information content (AvgIpc) is 3.11. The number of ether oxygens (including phenoxy) is 1. The fourth-order valence-electron chi connectivity index (χ4n) is 2.75. The number of aromatic nitrogens is 1. The number of nitrogens with one attached hydrogen (secondary N) is 2. The molecule has 1 aromatic heterocycles. The molecule has 1 unspecified atom stereocenters. The molecule has 132 valence electrons. The number of rotatable bonds is 6. The second-order valence-electron chi connectivity index (χ2n) is 5.94. The molecule has 1 aliphatic heterocycles. The molecule has 1 fully saturated rings. The maximum absolute atomic E-state index is 12.5. The molecule has 5 nitrogen and oxygen atoms in total. The monoisotopic (exact) mass is 379 g/mol. The van der Waals surface area contributed by atoms with Gasteiger partial charge in [0.25, 0.3) is 5.91 Å². The predicted octanol–water partition coefficient (Wildman–Crippen LogP) is 3.91. The van der Waals surface area contributed by atoms with Crippen LogP contribution < -0.4 is 15.4 Å². The van der Waals surface area contributed by atoms with Crippen molar-refractivity contribution in [1.29, 1.82) is 0 Å². The van der Waals surface area contributed by atoms with Crippen molar-refractivity contribution in [3.05, 3.63) is 52.1 Å². The van der Waals surface area contributed by atoms with E-state index in [-0.39, 0.29) is 11.8 Å². The summed E-state index contributed by atoms with van der Waals surface area (Å²) in [6.07, 6.45) is 3.69. The van der Waals surface area contributed by atoms with Crippen LogP contribution in [-0.2, 0) is 0 Å². The zero-order valence-corrected chi connectivity index (χ0v) is 15.1. The number of pyridine rings is 1. The summed E-state index contributed by atoms with van der Waals surface area (Å²) < 4.78 is 5.72. The van der Waals surface area contributed by atoms with Crippen molar-refractivity contribution < 1.29 is 9.53 Å². The van der Waals surface area contributed by atoms with E-state index in [0.717, 1.165) is 25.9 Å². The fraction of sp³-hybridized carbons (Fsp3) is 0.333. The Morgan fingerprint density at radius 1 is 1.36 bits per heavy atom. The van der Waals surface area contributed by atoms with Crippen LogP contribution in [0.5, 0.6) is 11.6 Å². The third kappa shape index (κ3) is 4.84. The number of carbonyl (C=O) groups is 1. The molecule has 2 heterocycles. The summed E-state index contributed by atoms with van der Waals surface area (Å²) in [5.74, 6) is 1.03. The smallest absolute Gasteiger partial charge is 0.256 e. The maximum atomic E-state index is 12.5. The van der Waals surface area contributed by atoms with Gasteiger partial charge in [0.2, 0.25) is 5.88 Å². The van der Waals surface area contributed by atoms with Crippen LogP contribution in [0.4, 0.5) is 0 Å². The molecule has 0 spiro atoms. The largest absolute Gasteiger partial charge is 0.437 e. The molecular weight excluding hydrogens is 361 g/mol. The molecule has 3 rings (SSSR count). The first-order chi connectivity index (χ1) is 12.1. The summed E-state index contributed by atoms with van der Waals surface area (Å²) in [5.41, 5.74) is 0.373. The van der Waals surface area contributed by atoms with Gasteiger partial charge in [0.15, 0.2) is 0 Å². The van der Waals surface area contributed by atoms with Crippen molar-refractivity contribution in [3.63, 3.8) is 0 Å². The van der Waals surface area contributed by atoms with Crippen LogP contribution in [0, 0.1) is 5.92 Å². The minimum absolute atomic E-state index is 0.209. The van der Waals surface area contributed by atoms with Crippen LogP contribution in [-0.4, -0.2) is 30.5 Å². The van der Waals surface area contributed by atoms with Gasteiger partial charge in [0.1, 0.15) is 11.3 Å². The van der Waals surface area contributed by atoms with Gasteiger partial charge in [-0.15, -0.1) is 0 Å². The Bertz CT molecular complexity index is 749. The fourth-order valence-corrected chi connectivity index (χ4v) is 3.20. The standard InChI is InChI=1S/C18H19Cl2N3O2/c19-13-3-4-16(15(20)10-13)25-18-14(2-1-7-23-18)17(24)22-9-6-12-5-8-21-11-12/h1-4,7,10,12,21H,5-6,8-9,11H2,(H,22,24). The quantitative estimate of drug-likeness (QED) is 0.798. The molecule has 1 aromatic carbocycles. The first-order valence-corrected chi connectivity index (χ1v) is 8.96. The van der Waals surface area contributed by atoms with Gasteiger partial charge in [0.05, 0.1) is 5.02 Å². The van der Waals surface area contributed by atoms with E-state index in [9.17, 15) is 4.79 Å². The lowest BCUT2D eigenvalue weighted by atomic mass is 10.1. The Hall–Kier alpha value is -1.82. The maximum Gasteiger partial charge on any atom is 0.256 e. The van der Waals surface area contributed by atoms with Crippen molar-refractivity contribution in [2.24, 2.45) is 5.92 Å². The number of hydrogen-bond acceptors (Lipinski definition) is 4. The van der Waals surface area contributed by atoms with Crippen molar-refractivity contribution >= 4 is 29.1 Å². The minimum Gasteiger partial charge on any atom is -0.437 e. The highest BCUT2D eigenvalue weighted by Crippen LogP contribution is 2.32. The molecule has 25 heavy (non-hydrogen) atoms. The topological polar surface area (TPSA) is 63.2 Å². The molecule has 2 N–H and O–H groups in total. The number of halogens is 2. The molecule has 0 aliphatic carbocycles. The van der Waals surface area contributed by atoms with Gasteiger partial charge < -0.3 is 15.4 Å². The van der Waals surface area contributed by atoms with Crippen LogP contribution in [0.3, 0.4) is 0 Å². The van der Waals surface area contributed by atoms with E-state index in [1.54, 1.807) is 36.5 Å². The van der Waals surface area contributed by atoms with Gasteiger partial charge in [-0.1, -0.05) is 23.2 Å². The highest BCUT2D eigenvalue weighted by molar-refractivity contribution is 6.35. The lowest BCUT2D eigenvalue weighted by Gasteiger charge is -2.12. The molecule has 1 aliphatic rings. The van der Waals surface area contributed by atoms with Gasteiger partial charge in [-0.2, -0.15) is 0 Å². The van der Waals surface area contributed by atoms with E-state index in [2.05, 4.69) is 15.6 Å². The Kier molecular flexibility index (Phi) is 6.13. The number of carbonyl (C=O) groups excluding carboxylic acids is 1. The van der Waals surface area contributed by atoms with Crippen LogP contribution in [0.25, 0.3) is 0 Å². The van der Waals surface area contributed by atoms with E-state index >= 15 is 0 Å². The number of benzene rings is 1. The van der Waals surface area contributed by atoms with Crippen LogP contribution in [0.15, 0.2) is 36.5 Å². The molecular formula is C18H19Cl2N3O2. The van der Waals surface area contributed by atoms with Crippen molar-refractivity contribution in [3.8, 4) is 11.6 Å². The highest BCUT2D eigenvalue weighted by atomic mass is 35.5. The van der Waals surface area contributed by atoms with Crippen LogP contribution >= 0.6 is 23.2 Å². The van der Waals surface area contributed by atoms with Gasteiger partial charge in [0, 0.05) is 17.8 Å². The SMILES string of the molecule is O=C(NCCC1CCNC1)c1cccnc1Oc1ccc(Cl)cc1Cl. The normalized spacial score (nSPS) is 16.6. The Labute approximate surface area is 156 Å². The number of amides is 1. The van der Waals surface area contributed by atoms with Crippen molar-refractivity contribution in [2.45, 2.75) is 12.8 Å². The van der Waals surface area contributed by atoms with Crippen LogP contribution in [0.2, 0.25) is 10.0 Å². The highest BCUT2D eigenvalue weighted by Gasteiger charge is 2.17. The molecule has 0 radical (unpaired) electrons. The second kappa shape index (κ2) is 8.52. The molecule has 1 atom stereocenters. The van der Waals surface area contributed by atoms with Gasteiger partial charge in [-0.3, -0.25) is 4.79 Å². The molecule has 1 amide bonds. The van der Waals surface area contributed by atoms with Crippen molar-refractivity contribution in [2.75, 3.05) is 19.6 Å². The number of hydrogen-bond donors (Lipinski definition) is 2. The molecule has 0 saturated carbocycles. The van der Waals surface area contributed by atoms with Crippen molar-refractivity contribution in [1.82, 2.24) is 15.6 Å². The Balaban J connectivity index is 1.66. The molecule has 7 heteroatoms. The summed E-state index contributed by atoms with van der Waals surface area (Å²) in [4.78, 5) is 16.6. The third-order valence-corrected chi connectivity index (χ3v) is 4.65. The van der Waals surface area contributed by atoms with E-state index in [0.29, 0.717) is 33.8 Å². The lowest BCUT2D eigenvalue weighted by Crippen LogP contribution is -2.27. The molecule has 1 saturated heterocycles. The van der Waals surface area contributed by atoms with E-state index in [1.165, 1.54) is 0 Å². The van der Waals surface area contributed by atoms with E-state index < -0.39 is 0 Å². The second-order valence-corrected chi connectivity index (χ2v) is 6.78. The van der Waals surface area contributed by atoms with Gasteiger partial charge in [-0.25, -0.2) is 4.98 Å². The first-order valence-electron chi connectivity index (χ1n) is 8.20. The first kappa shape index (κ1) is 18.0. The Morgan fingerprint density at radius 3 is 3.00 bits per heavy atom. The summed E-state index contributed by atoms with van der Waals surface area (Å²) in [7, 11) is 0. The zero-order valence-electron chi connectivity index (χ0n) is 13.6. The summed E-state index contributed by atoms with van der Waals surface area (Å²) in [5, 5.41) is 7.13. The van der Waals surface area contributed by atoms with E-state index in [4.69, 9.17) is 27.9 Å². The summed E-state index contributed by atoms with van der Waals surface area (Å²) in [6, 6.07) is 8.27. The minimum atomic E-state index is -0.209. The van der Waals surface area contributed by atoms with Gasteiger partial charge >= 0.3 is 0 Å². The number of nitrogens with zero attached hydrogens (tertiary/aromatic N) is 1. The summed E-state index contributed by atoms with van der Waals surface area (Å²) >= 11 is 12.0. The predicted molar refractivity (Wildman–Crippen MR) is 98.7 cm³/mol. The zero-order chi connectivity index (χ0) is 17.6.